The third-order valence-corrected chi connectivity index (χ3v) is 6.44. The predicted molar refractivity (Wildman–Crippen MR) is 116 cm³/mol. The highest BCUT2D eigenvalue weighted by molar-refractivity contribution is 7.98. The molecule has 0 N–H and O–H groups in total. The molecule has 0 unspecified atom stereocenters. The lowest BCUT2D eigenvalue weighted by atomic mass is 9.87. The van der Waals surface area contributed by atoms with Crippen LogP contribution in [0.5, 0.6) is 0 Å². The van der Waals surface area contributed by atoms with Crippen molar-refractivity contribution in [2.75, 3.05) is 0 Å². The van der Waals surface area contributed by atoms with Crippen LogP contribution in [-0.4, -0.2) is 14.8 Å². The Hall–Kier alpha value is -2.31. The molecule has 0 amide bonds. The molecule has 3 heterocycles. The van der Waals surface area contributed by atoms with Gasteiger partial charge in [-0.25, -0.2) is 0 Å². The fourth-order valence-corrected chi connectivity index (χ4v) is 4.54. The number of thiophene rings is 1. The van der Waals surface area contributed by atoms with E-state index in [0.29, 0.717) is 6.54 Å². The summed E-state index contributed by atoms with van der Waals surface area (Å²) in [4.78, 5) is 1.11. The van der Waals surface area contributed by atoms with Crippen molar-refractivity contribution in [3.8, 4) is 10.7 Å². The van der Waals surface area contributed by atoms with Gasteiger partial charge in [-0.3, -0.25) is 4.57 Å². The first-order valence-corrected chi connectivity index (χ1v) is 11.1. The zero-order valence-corrected chi connectivity index (χ0v) is 17.9. The molecule has 1 aromatic carbocycles. The molecule has 0 saturated heterocycles. The van der Waals surface area contributed by atoms with Crippen LogP contribution in [0.3, 0.4) is 0 Å². The number of thioether (sulfide) groups is 1. The van der Waals surface area contributed by atoms with E-state index in [0.717, 1.165) is 27.4 Å². The first-order valence-electron chi connectivity index (χ1n) is 9.22. The van der Waals surface area contributed by atoms with Crippen molar-refractivity contribution in [1.82, 2.24) is 14.8 Å². The van der Waals surface area contributed by atoms with Crippen molar-refractivity contribution >= 4 is 23.1 Å². The maximum Gasteiger partial charge on any atom is 0.192 e. The van der Waals surface area contributed by atoms with Crippen molar-refractivity contribution in [2.24, 2.45) is 0 Å². The summed E-state index contributed by atoms with van der Waals surface area (Å²) in [5.74, 6) is 2.64. The molecule has 0 spiro atoms. The van der Waals surface area contributed by atoms with Gasteiger partial charge in [0.05, 0.1) is 17.7 Å². The van der Waals surface area contributed by atoms with Crippen LogP contribution >= 0.6 is 23.1 Å². The highest BCUT2D eigenvalue weighted by atomic mass is 32.2. The average Bonchev–Trinajstić information content (AvgIpc) is 3.42. The van der Waals surface area contributed by atoms with E-state index in [1.807, 2.05) is 18.2 Å². The number of rotatable bonds is 6. The molecule has 0 fully saturated rings. The van der Waals surface area contributed by atoms with Crippen molar-refractivity contribution in [3.05, 3.63) is 77.1 Å². The summed E-state index contributed by atoms with van der Waals surface area (Å²) in [7, 11) is 0. The second-order valence-corrected chi connectivity index (χ2v) is 9.57. The highest BCUT2D eigenvalue weighted by Crippen LogP contribution is 2.30. The van der Waals surface area contributed by atoms with Crippen molar-refractivity contribution < 1.29 is 4.42 Å². The molecule has 0 aliphatic rings. The average molecular weight is 410 g/mol. The molecule has 28 heavy (non-hydrogen) atoms. The first kappa shape index (κ1) is 19.0. The van der Waals surface area contributed by atoms with Crippen LogP contribution < -0.4 is 0 Å². The third kappa shape index (κ3) is 4.23. The van der Waals surface area contributed by atoms with Gasteiger partial charge < -0.3 is 4.42 Å². The molecule has 0 aliphatic carbocycles. The monoisotopic (exact) mass is 409 g/mol. The molecule has 4 aromatic rings. The number of hydrogen-bond donors (Lipinski definition) is 0. The van der Waals surface area contributed by atoms with Crippen LogP contribution in [0.15, 0.2) is 69.7 Å². The highest BCUT2D eigenvalue weighted by Gasteiger charge is 2.17. The predicted octanol–water partition coefficient (Wildman–Crippen LogP) is 6.24. The van der Waals surface area contributed by atoms with Crippen LogP contribution in [-0.2, 0) is 17.7 Å². The van der Waals surface area contributed by atoms with Gasteiger partial charge in [-0.15, -0.1) is 21.5 Å². The summed E-state index contributed by atoms with van der Waals surface area (Å²) in [5.41, 5.74) is 2.80. The van der Waals surface area contributed by atoms with Gasteiger partial charge >= 0.3 is 0 Å². The van der Waals surface area contributed by atoms with E-state index < -0.39 is 0 Å². The van der Waals surface area contributed by atoms with E-state index in [2.05, 4.69) is 71.2 Å². The van der Waals surface area contributed by atoms with Crippen molar-refractivity contribution in [3.63, 3.8) is 0 Å². The van der Waals surface area contributed by atoms with Crippen molar-refractivity contribution in [2.45, 2.75) is 43.6 Å². The SMILES string of the molecule is CC(C)(C)c1ccc(CSc2nnc(-c3cccs3)n2Cc2ccco2)cc1. The smallest absolute Gasteiger partial charge is 0.192 e. The second-order valence-electron chi connectivity index (χ2n) is 7.68. The van der Waals surface area contributed by atoms with Gasteiger partial charge in [0.1, 0.15) is 5.76 Å². The molecule has 0 radical (unpaired) electrons. The lowest BCUT2D eigenvalue weighted by Crippen LogP contribution is -2.10. The first-order chi connectivity index (χ1) is 13.5. The Morgan fingerprint density at radius 2 is 1.86 bits per heavy atom. The molecule has 0 bridgehead atoms. The van der Waals surface area contributed by atoms with Gasteiger partial charge in [0.25, 0.3) is 0 Å². The zero-order chi connectivity index (χ0) is 19.6. The number of benzene rings is 1. The summed E-state index contributed by atoms with van der Waals surface area (Å²) < 4.78 is 7.70. The zero-order valence-electron chi connectivity index (χ0n) is 16.3. The number of aromatic nitrogens is 3. The lowest BCUT2D eigenvalue weighted by molar-refractivity contribution is 0.485. The molecule has 4 nitrogen and oxygen atoms in total. The van der Waals surface area contributed by atoms with Gasteiger partial charge in [0.2, 0.25) is 0 Å². The Morgan fingerprint density at radius 3 is 2.50 bits per heavy atom. The summed E-state index contributed by atoms with van der Waals surface area (Å²) in [6.45, 7) is 7.33. The Kier molecular flexibility index (Phi) is 5.42. The molecule has 4 rings (SSSR count). The summed E-state index contributed by atoms with van der Waals surface area (Å²) in [6, 6.07) is 16.9. The number of hydrogen-bond acceptors (Lipinski definition) is 5. The van der Waals surface area contributed by atoms with Gasteiger partial charge in [-0.05, 0) is 40.1 Å². The number of nitrogens with zero attached hydrogens (tertiary/aromatic N) is 3. The van der Waals surface area contributed by atoms with Crippen LogP contribution in [0.25, 0.3) is 10.7 Å². The quantitative estimate of drug-likeness (QED) is 0.354. The van der Waals surface area contributed by atoms with E-state index in [1.54, 1.807) is 29.4 Å². The van der Waals surface area contributed by atoms with Gasteiger partial charge in [-0.1, -0.05) is 62.9 Å². The lowest BCUT2D eigenvalue weighted by Gasteiger charge is -2.19. The van der Waals surface area contributed by atoms with E-state index in [9.17, 15) is 0 Å². The van der Waals surface area contributed by atoms with Crippen LogP contribution in [0.4, 0.5) is 0 Å². The Bertz CT molecular complexity index is 1010. The van der Waals surface area contributed by atoms with Crippen LogP contribution in [0, 0.1) is 0 Å². The Labute approximate surface area is 173 Å². The molecular weight excluding hydrogens is 386 g/mol. The van der Waals surface area contributed by atoms with E-state index in [1.165, 1.54) is 11.1 Å². The second kappa shape index (κ2) is 7.97. The summed E-state index contributed by atoms with van der Waals surface area (Å²) in [6.07, 6.45) is 1.70. The summed E-state index contributed by atoms with van der Waals surface area (Å²) >= 11 is 3.38. The standard InChI is InChI=1S/C22H23N3OS2/c1-22(2,3)17-10-8-16(9-11-17)15-28-21-24-23-20(19-7-5-13-27-19)25(21)14-18-6-4-12-26-18/h4-13H,14-15H2,1-3H3. The maximum absolute atomic E-state index is 5.56. The molecule has 3 aromatic heterocycles. The fourth-order valence-electron chi connectivity index (χ4n) is 2.93. The number of furan rings is 1. The Morgan fingerprint density at radius 1 is 1.04 bits per heavy atom. The van der Waals surface area contributed by atoms with Crippen LogP contribution in [0.1, 0.15) is 37.7 Å². The molecule has 6 heteroatoms. The minimum Gasteiger partial charge on any atom is -0.467 e. The fraction of sp³-hybridized carbons (Fsp3) is 0.273. The summed E-state index contributed by atoms with van der Waals surface area (Å²) in [5, 5.41) is 11.9. The largest absolute Gasteiger partial charge is 0.467 e. The van der Waals surface area contributed by atoms with Crippen molar-refractivity contribution in [1.29, 1.82) is 0 Å². The van der Waals surface area contributed by atoms with Gasteiger partial charge in [-0.2, -0.15) is 0 Å². The van der Waals surface area contributed by atoms with Gasteiger partial charge in [0.15, 0.2) is 11.0 Å². The third-order valence-electron chi connectivity index (χ3n) is 4.54. The molecule has 0 saturated carbocycles. The topological polar surface area (TPSA) is 43.9 Å². The maximum atomic E-state index is 5.56. The minimum absolute atomic E-state index is 0.171. The molecular formula is C22H23N3OS2. The Balaban J connectivity index is 1.56. The minimum atomic E-state index is 0.171. The van der Waals surface area contributed by atoms with E-state index in [-0.39, 0.29) is 5.41 Å². The molecule has 0 aliphatic heterocycles. The normalized spacial score (nSPS) is 11.8. The molecule has 144 valence electrons. The van der Waals surface area contributed by atoms with E-state index >= 15 is 0 Å². The van der Waals surface area contributed by atoms with E-state index in [4.69, 9.17) is 4.42 Å². The van der Waals surface area contributed by atoms with Crippen LogP contribution in [0.2, 0.25) is 0 Å². The van der Waals surface area contributed by atoms with Gasteiger partial charge in [0, 0.05) is 5.75 Å². The molecule has 0 atom stereocenters.